The Labute approximate surface area is 168 Å². The molecule has 0 saturated heterocycles. The van der Waals surface area contributed by atoms with E-state index in [0.717, 1.165) is 23.0 Å². The van der Waals surface area contributed by atoms with Gasteiger partial charge in [-0.25, -0.2) is 0 Å². The molecule has 0 aliphatic carbocycles. The molecule has 2 aromatic rings. The lowest BCUT2D eigenvalue weighted by Gasteiger charge is -2.34. The quantitative estimate of drug-likeness (QED) is 0.574. The summed E-state index contributed by atoms with van der Waals surface area (Å²) >= 11 is 2.05. The van der Waals surface area contributed by atoms with Crippen molar-refractivity contribution in [2.75, 3.05) is 23.9 Å². The highest BCUT2D eigenvalue weighted by Gasteiger charge is 2.27. The normalized spacial score (nSPS) is 16.1. The number of nitrogens with one attached hydrogen (secondary N) is 1. The Bertz CT molecular complexity index is 825. The third-order valence-electron chi connectivity index (χ3n) is 5.15. The molecule has 0 radical (unpaired) electrons. The van der Waals surface area contributed by atoms with Crippen molar-refractivity contribution >= 4 is 23.0 Å². The van der Waals surface area contributed by atoms with Crippen LogP contribution in [0, 0.1) is 5.92 Å². The van der Waals surface area contributed by atoms with E-state index in [4.69, 9.17) is 4.74 Å². The number of methoxy groups -OCH3 is 1. The van der Waals surface area contributed by atoms with Gasteiger partial charge in [0.2, 0.25) is 0 Å². The first-order chi connectivity index (χ1) is 12.9. The van der Waals surface area contributed by atoms with Gasteiger partial charge in [-0.3, -0.25) is 0 Å². The Balaban J connectivity index is 1.99. The smallest absolute Gasteiger partial charge is 0.126 e. The molecule has 0 aromatic heterocycles. The monoisotopic (exact) mass is 381 g/mol. The van der Waals surface area contributed by atoms with Crippen molar-refractivity contribution < 1.29 is 4.74 Å². The molecule has 0 spiro atoms. The van der Waals surface area contributed by atoms with E-state index in [1.165, 1.54) is 34.6 Å². The molecule has 1 aliphatic heterocycles. The molecular weight excluding hydrogens is 350 g/mol. The molecule has 3 rings (SSSR count). The van der Waals surface area contributed by atoms with Crippen molar-refractivity contribution in [1.82, 2.24) is 0 Å². The molecule has 27 heavy (non-hydrogen) atoms. The fraction of sp³-hybridized carbons (Fsp3) is 0.417. The number of fused-ring (bicyclic) bond motifs is 1. The summed E-state index contributed by atoms with van der Waals surface area (Å²) in [5.41, 5.74) is 6.23. The van der Waals surface area contributed by atoms with Gasteiger partial charge >= 0.3 is 0 Å². The first-order valence-electron chi connectivity index (χ1n) is 9.79. The molecule has 0 amide bonds. The summed E-state index contributed by atoms with van der Waals surface area (Å²) < 4.78 is 5.63. The second-order valence-electron chi connectivity index (χ2n) is 7.97. The molecular formula is C24H31NOS. The van der Waals surface area contributed by atoms with Crippen molar-refractivity contribution in [2.45, 2.75) is 39.7 Å². The van der Waals surface area contributed by atoms with Crippen molar-refractivity contribution in [1.29, 1.82) is 0 Å². The van der Waals surface area contributed by atoms with Crippen LogP contribution in [-0.4, -0.2) is 24.2 Å². The van der Waals surface area contributed by atoms with Gasteiger partial charge in [-0.2, -0.15) is 11.8 Å². The molecule has 0 saturated carbocycles. The third-order valence-corrected chi connectivity index (χ3v) is 6.47. The zero-order valence-electron chi connectivity index (χ0n) is 17.1. The average Bonchev–Trinajstić information content (AvgIpc) is 2.66. The van der Waals surface area contributed by atoms with Crippen LogP contribution in [0.15, 0.2) is 48.5 Å². The number of rotatable bonds is 7. The minimum absolute atomic E-state index is 0.0720. The Morgan fingerprint density at radius 1 is 1.04 bits per heavy atom. The molecule has 1 unspecified atom stereocenters. The van der Waals surface area contributed by atoms with E-state index in [0.29, 0.717) is 0 Å². The zero-order valence-corrected chi connectivity index (χ0v) is 18.0. The summed E-state index contributed by atoms with van der Waals surface area (Å²) in [6, 6.07) is 14.9. The molecule has 3 heteroatoms. The maximum atomic E-state index is 5.63. The fourth-order valence-corrected chi connectivity index (χ4v) is 4.74. The van der Waals surface area contributed by atoms with Crippen LogP contribution in [0.3, 0.4) is 0 Å². The van der Waals surface area contributed by atoms with E-state index in [1.54, 1.807) is 7.11 Å². The Morgan fingerprint density at radius 2 is 1.74 bits per heavy atom. The van der Waals surface area contributed by atoms with Crippen molar-refractivity contribution in [2.24, 2.45) is 5.92 Å². The third kappa shape index (κ3) is 4.52. The van der Waals surface area contributed by atoms with Crippen LogP contribution in [-0.2, 0) is 0 Å². The Kier molecular flexibility index (Phi) is 6.21. The van der Waals surface area contributed by atoms with Gasteiger partial charge in [-0.15, -0.1) is 0 Å². The van der Waals surface area contributed by atoms with Gasteiger partial charge < -0.3 is 10.1 Å². The van der Waals surface area contributed by atoms with Crippen LogP contribution in [0.25, 0.3) is 16.7 Å². The lowest BCUT2D eigenvalue weighted by molar-refractivity contribution is 0.416. The SMILES string of the molecule is CCC(C)CSCC1=CC(C)(C)Nc2c1cccc2-c1ccccc1OC. The summed E-state index contributed by atoms with van der Waals surface area (Å²) in [6.07, 6.45) is 3.64. The van der Waals surface area contributed by atoms with Gasteiger partial charge in [0.1, 0.15) is 5.75 Å². The number of benzene rings is 2. The van der Waals surface area contributed by atoms with Crippen LogP contribution < -0.4 is 10.1 Å². The molecule has 144 valence electrons. The highest BCUT2D eigenvalue weighted by molar-refractivity contribution is 7.99. The number of hydrogen-bond donors (Lipinski definition) is 1. The number of hydrogen-bond acceptors (Lipinski definition) is 3. The van der Waals surface area contributed by atoms with Gasteiger partial charge in [-0.05, 0) is 37.2 Å². The summed E-state index contributed by atoms with van der Waals surface area (Å²) in [4.78, 5) is 0. The maximum Gasteiger partial charge on any atom is 0.126 e. The second kappa shape index (κ2) is 8.43. The average molecular weight is 382 g/mol. The lowest BCUT2D eigenvalue weighted by Crippen LogP contribution is -2.32. The molecule has 1 N–H and O–H groups in total. The highest BCUT2D eigenvalue weighted by Crippen LogP contribution is 2.43. The predicted octanol–water partition coefficient (Wildman–Crippen LogP) is 6.73. The van der Waals surface area contributed by atoms with Gasteiger partial charge in [-0.1, -0.05) is 62.7 Å². The first kappa shape index (κ1) is 19.9. The first-order valence-corrected chi connectivity index (χ1v) is 10.9. The molecule has 2 nitrogen and oxygen atoms in total. The molecule has 1 atom stereocenters. The summed E-state index contributed by atoms with van der Waals surface area (Å²) in [6.45, 7) is 9.09. The van der Waals surface area contributed by atoms with Crippen LogP contribution in [0.2, 0.25) is 0 Å². The molecule has 0 fully saturated rings. The minimum Gasteiger partial charge on any atom is -0.496 e. The van der Waals surface area contributed by atoms with Crippen molar-refractivity contribution in [3.05, 3.63) is 54.1 Å². The zero-order chi connectivity index (χ0) is 19.4. The number of thioether (sulfide) groups is 1. The Hall–Kier alpha value is -1.87. The van der Waals surface area contributed by atoms with E-state index >= 15 is 0 Å². The standard InChI is InChI=1S/C24H31NOS/c1-6-17(2)15-27-16-18-14-24(3,4)25-23-19(18)11-9-12-21(23)20-10-7-8-13-22(20)26-5/h7-14,17,25H,6,15-16H2,1-5H3. The summed E-state index contributed by atoms with van der Waals surface area (Å²) in [7, 11) is 1.74. The van der Waals surface area contributed by atoms with Gasteiger partial charge in [0.15, 0.2) is 0 Å². The lowest BCUT2D eigenvalue weighted by atomic mass is 9.87. The van der Waals surface area contributed by atoms with Crippen LogP contribution in [0.4, 0.5) is 5.69 Å². The Morgan fingerprint density at radius 3 is 2.48 bits per heavy atom. The maximum absolute atomic E-state index is 5.63. The summed E-state index contributed by atoms with van der Waals surface area (Å²) in [5, 5.41) is 3.75. The molecule has 1 heterocycles. The predicted molar refractivity (Wildman–Crippen MR) is 121 cm³/mol. The summed E-state index contributed by atoms with van der Waals surface area (Å²) in [5.74, 6) is 3.94. The van der Waals surface area contributed by atoms with Crippen LogP contribution >= 0.6 is 11.8 Å². The fourth-order valence-electron chi connectivity index (χ4n) is 3.53. The number of para-hydroxylation sites is 2. The van der Waals surface area contributed by atoms with E-state index in [-0.39, 0.29) is 5.54 Å². The van der Waals surface area contributed by atoms with E-state index in [2.05, 4.69) is 69.4 Å². The minimum atomic E-state index is -0.0720. The van der Waals surface area contributed by atoms with E-state index in [9.17, 15) is 0 Å². The second-order valence-corrected chi connectivity index (χ2v) is 9.00. The molecule has 1 aliphatic rings. The van der Waals surface area contributed by atoms with Gasteiger partial charge in [0.25, 0.3) is 0 Å². The largest absolute Gasteiger partial charge is 0.496 e. The number of ether oxygens (including phenoxy) is 1. The van der Waals surface area contributed by atoms with Gasteiger partial charge in [0.05, 0.1) is 18.3 Å². The van der Waals surface area contributed by atoms with Crippen LogP contribution in [0.5, 0.6) is 5.75 Å². The van der Waals surface area contributed by atoms with Gasteiger partial charge in [0, 0.05) is 22.4 Å². The van der Waals surface area contributed by atoms with E-state index < -0.39 is 0 Å². The molecule has 0 bridgehead atoms. The topological polar surface area (TPSA) is 21.3 Å². The van der Waals surface area contributed by atoms with Crippen molar-refractivity contribution in [3.63, 3.8) is 0 Å². The number of anilines is 1. The van der Waals surface area contributed by atoms with E-state index in [1.807, 2.05) is 23.9 Å². The molecule has 2 aromatic carbocycles. The highest BCUT2D eigenvalue weighted by atomic mass is 32.2. The van der Waals surface area contributed by atoms with Crippen molar-refractivity contribution in [3.8, 4) is 16.9 Å². The van der Waals surface area contributed by atoms with Crippen LogP contribution in [0.1, 0.15) is 39.7 Å².